The lowest BCUT2D eigenvalue weighted by Crippen LogP contribution is -2.15. The summed E-state index contributed by atoms with van der Waals surface area (Å²) >= 11 is 5.77. The third-order valence-corrected chi connectivity index (χ3v) is 2.54. The Bertz CT molecular complexity index is 274. The number of rotatable bonds is 2. The van der Waals surface area contributed by atoms with E-state index in [0.29, 0.717) is 5.54 Å². The molecule has 2 heteroatoms. The highest BCUT2D eigenvalue weighted by Gasteiger charge is 2.36. The predicted octanol–water partition coefficient (Wildman–Crippen LogP) is 3.30. The van der Waals surface area contributed by atoms with Gasteiger partial charge in [0.2, 0.25) is 0 Å². The third kappa shape index (κ3) is 1.72. The number of nitrogens with one attached hydrogen (secondary N) is 1. The van der Waals surface area contributed by atoms with E-state index >= 15 is 0 Å². The van der Waals surface area contributed by atoms with Gasteiger partial charge in [-0.2, -0.15) is 0 Å². The highest BCUT2D eigenvalue weighted by atomic mass is 35.5. The van der Waals surface area contributed by atoms with Crippen molar-refractivity contribution in [3.63, 3.8) is 0 Å². The zero-order valence-corrected chi connectivity index (χ0v) is 7.86. The molecular weight excluding hydrogens is 170 g/mol. The van der Waals surface area contributed by atoms with Crippen LogP contribution in [0.25, 0.3) is 0 Å². The van der Waals surface area contributed by atoms with Gasteiger partial charge in [0, 0.05) is 16.2 Å². The quantitative estimate of drug-likeness (QED) is 0.738. The second kappa shape index (κ2) is 2.67. The van der Waals surface area contributed by atoms with Gasteiger partial charge in [0.25, 0.3) is 0 Å². The zero-order chi connectivity index (χ0) is 8.60. The molecule has 0 aromatic heterocycles. The molecule has 0 spiro atoms. The molecule has 0 heterocycles. The summed E-state index contributed by atoms with van der Waals surface area (Å²) in [6.45, 7) is 2.24. The van der Waals surface area contributed by atoms with Crippen molar-refractivity contribution in [3.8, 4) is 0 Å². The van der Waals surface area contributed by atoms with E-state index in [1.807, 2.05) is 24.3 Å². The topological polar surface area (TPSA) is 12.0 Å². The standard InChI is InChI=1S/C10H12ClN/c1-10(6-7-10)12-9-4-2-8(11)3-5-9/h2-5,12H,6-7H2,1H3. The van der Waals surface area contributed by atoms with Gasteiger partial charge < -0.3 is 5.32 Å². The van der Waals surface area contributed by atoms with Crippen LogP contribution in [0.5, 0.6) is 0 Å². The van der Waals surface area contributed by atoms with Gasteiger partial charge in [-0.25, -0.2) is 0 Å². The fraction of sp³-hybridized carbons (Fsp3) is 0.400. The molecule has 0 radical (unpaired) electrons. The first kappa shape index (κ1) is 7.93. The Hall–Kier alpha value is -0.690. The molecule has 0 atom stereocenters. The van der Waals surface area contributed by atoms with Crippen LogP contribution in [0.15, 0.2) is 24.3 Å². The van der Waals surface area contributed by atoms with Crippen LogP contribution >= 0.6 is 11.6 Å². The summed E-state index contributed by atoms with van der Waals surface area (Å²) in [7, 11) is 0. The van der Waals surface area contributed by atoms with Crippen molar-refractivity contribution >= 4 is 17.3 Å². The number of hydrogen-bond donors (Lipinski definition) is 1. The first-order valence-corrected chi connectivity index (χ1v) is 4.60. The maximum absolute atomic E-state index is 5.77. The van der Waals surface area contributed by atoms with Crippen molar-refractivity contribution in [1.29, 1.82) is 0 Å². The lowest BCUT2D eigenvalue weighted by atomic mass is 10.2. The molecule has 64 valence electrons. The van der Waals surface area contributed by atoms with Gasteiger partial charge in [-0.3, -0.25) is 0 Å². The van der Waals surface area contributed by atoms with Gasteiger partial charge in [0.1, 0.15) is 0 Å². The minimum Gasteiger partial charge on any atom is -0.380 e. The molecule has 12 heavy (non-hydrogen) atoms. The Morgan fingerprint density at radius 1 is 1.25 bits per heavy atom. The molecule has 0 aliphatic heterocycles. The van der Waals surface area contributed by atoms with Crippen LogP contribution < -0.4 is 5.32 Å². The number of benzene rings is 1. The second-order valence-corrected chi connectivity index (χ2v) is 4.13. The van der Waals surface area contributed by atoms with E-state index in [4.69, 9.17) is 11.6 Å². The summed E-state index contributed by atoms with van der Waals surface area (Å²) in [4.78, 5) is 0. The third-order valence-electron chi connectivity index (χ3n) is 2.29. The minimum absolute atomic E-state index is 0.355. The van der Waals surface area contributed by atoms with Gasteiger partial charge in [0.15, 0.2) is 0 Å². The molecule has 0 bridgehead atoms. The van der Waals surface area contributed by atoms with Gasteiger partial charge in [-0.1, -0.05) is 11.6 Å². The molecule has 1 fully saturated rings. The Labute approximate surface area is 77.7 Å². The highest BCUT2D eigenvalue weighted by molar-refractivity contribution is 6.30. The molecule has 1 N–H and O–H groups in total. The number of halogens is 1. The first-order valence-electron chi connectivity index (χ1n) is 4.22. The molecule has 1 saturated carbocycles. The SMILES string of the molecule is CC1(Nc2ccc(Cl)cc2)CC1. The van der Waals surface area contributed by atoms with Crippen molar-refractivity contribution in [2.24, 2.45) is 0 Å². The van der Waals surface area contributed by atoms with Crippen molar-refractivity contribution < 1.29 is 0 Å². The summed E-state index contributed by atoms with van der Waals surface area (Å²) in [5.74, 6) is 0. The monoisotopic (exact) mass is 181 g/mol. The summed E-state index contributed by atoms with van der Waals surface area (Å²) in [6.07, 6.45) is 2.55. The average Bonchev–Trinajstić information content (AvgIpc) is 2.74. The summed E-state index contributed by atoms with van der Waals surface area (Å²) in [6, 6.07) is 7.86. The average molecular weight is 182 g/mol. The predicted molar refractivity (Wildman–Crippen MR) is 52.7 cm³/mol. The van der Waals surface area contributed by atoms with Crippen LogP contribution in [-0.4, -0.2) is 5.54 Å². The van der Waals surface area contributed by atoms with E-state index < -0.39 is 0 Å². The number of anilines is 1. The van der Waals surface area contributed by atoms with Crippen molar-refractivity contribution in [2.75, 3.05) is 5.32 Å². The molecule has 1 nitrogen and oxygen atoms in total. The zero-order valence-electron chi connectivity index (χ0n) is 7.10. The molecule has 1 aliphatic rings. The lowest BCUT2D eigenvalue weighted by Gasteiger charge is -2.12. The van der Waals surface area contributed by atoms with E-state index in [1.165, 1.54) is 18.5 Å². The number of hydrogen-bond acceptors (Lipinski definition) is 1. The molecule has 0 unspecified atom stereocenters. The highest BCUT2D eigenvalue weighted by Crippen LogP contribution is 2.38. The maximum atomic E-state index is 5.77. The Balaban J connectivity index is 2.08. The largest absolute Gasteiger partial charge is 0.380 e. The van der Waals surface area contributed by atoms with Crippen molar-refractivity contribution in [1.82, 2.24) is 0 Å². The summed E-state index contributed by atoms with van der Waals surface area (Å²) in [5.41, 5.74) is 1.52. The van der Waals surface area contributed by atoms with Crippen LogP contribution in [-0.2, 0) is 0 Å². The molecule has 1 aromatic carbocycles. The Morgan fingerprint density at radius 2 is 1.83 bits per heavy atom. The van der Waals surface area contributed by atoms with Crippen molar-refractivity contribution in [3.05, 3.63) is 29.3 Å². The normalized spacial score (nSPS) is 18.8. The lowest BCUT2D eigenvalue weighted by molar-refractivity contribution is 0.829. The van der Waals surface area contributed by atoms with Gasteiger partial charge in [-0.15, -0.1) is 0 Å². The fourth-order valence-corrected chi connectivity index (χ4v) is 1.32. The van der Waals surface area contributed by atoms with E-state index in [0.717, 1.165) is 5.02 Å². The van der Waals surface area contributed by atoms with Crippen molar-refractivity contribution in [2.45, 2.75) is 25.3 Å². The summed E-state index contributed by atoms with van der Waals surface area (Å²) in [5, 5.41) is 4.25. The fourth-order valence-electron chi connectivity index (χ4n) is 1.19. The minimum atomic E-state index is 0.355. The molecule has 2 rings (SSSR count). The van der Waals surface area contributed by atoms with Crippen LogP contribution in [0.1, 0.15) is 19.8 Å². The van der Waals surface area contributed by atoms with Gasteiger partial charge in [-0.05, 0) is 44.0 Å². The Kier molecular flexibility index (Phi) is 1.76. The smallest absolute Gasteiger partial charge is 0.0407 e. The van der Waals surface area contributed by atoms with E-state index in [9.17, 15) is 0 Å². The van der Waals surface area contributed by atoms with Crippen LogP contribution in [0.3, 0.4) is 0 Å². The van der Waals surface area contributed by atoms with Crippen LogP contribution in [0.4, 0.5) is 5.69 Å². The molecule has 1 aliphatic carbocycles. The van der Waals surface area contributed by atoms with E-state index in [2.05, 4.69) is 12.2 Å². The molecular formula is C10H12ClN. The second-order valence-electron chi connectivity index (χ2n) is 3.69. The maximum Gasteiger partial charge on any atom is 0.0407 e. The van der Waals surface area contributed by atoms with Gasteiger partial charge in [0.05, 0.1) is 0 Å². The molecule has 0 saturated heterocycles. The van der Waals surface area contributed by atoms with Crippen LogP contribution in [0.2, 0.25) is 5.02 Å². The van der Waals surface area contributed by atoms with Crippen LogP contribution in [0, 0.1) is 0 Å². The Morgan fingerprint density at radius 3 is 2.33 bits per heavy atom. The van der Waals surface area contributed by atoms with Gasteiger partial charge >= 0.3 is 0 Å². The summed E-state index contributed by atoms with van der Waals surface area (Å²) < 4.78 is 0. The first-order chi connectivity index (χ1) is 5.68. The van der Waals surface area contributed by atoms with E-state index in [-0.39, 0.29) is 0 Å². The molecule has 1 aromatic rings. The molecule has 0 amide bonds. The van der Waals surface area contributed by atoms with E-state index in [1.54, 1.807) is 0 Å².